The molecule has 0 aromatic heterocycles. The van der Waals surface area contributed by atoms with Gasteiger partial charge in [0.15, 0.2) is 6.10 Å². The highest BCUT2D eigenvalue weighted by atomic mass is 35.5. The fraction of sp³-hybridized carbons (Fsp3) is 0.553. The fourth-order valence-electron chi connectivity index (χ4n) is 4.46. The van der Waals surface area contributed by atoms with Crippen LogP contribution in [0.3, 0.4) is 0 Å². The average molecular weight is 780 g/mol. The summed E-state index contributed by atoms with van der Waals surface area (Å²) in [5.74, 6) is -0.955. The quantitative estimate of drug-likeness (QED) is 0.102. The van der Waals surface area contributed by atoms with Crippen LogP contribution in [0.15, 0.2) is 48.5 Å². The molecule has 300 valence electrons. The van der Waals surface area contributed by atoms with Gasteiger partial charge < -0.3 is 49.1 Å². The molecule has 54 heavy (non-hydrogen) atoms. The minimum Gasteiger partial charge on any atom is -0.490 e. The van der Waals surface area contributed by atoms with Crippen LogP contribution in [0.1, 0.15) is 66.5 Å². The molecule has 0 aliphatic carbocycles. The second-order valence-electron chi connectivity index (χ2n) is 14.6. The first-order valence-corrected chi connectivity index (χ1v) is 17.9. The van der Waals surface area contributed by atoms with Gasteiger partial charge in [-0.15, -0.1) is 11.6 Å². The third kappa shape index (κ3) is 17.8. The van der Waals surface area contributed by atoms with Crippen molar-refractivity contribution in [3.63, 3.8) is 0 Å². The number of nitrogens with one attached hydrogen (secondary N) is 3. The molecular weight excluding hydrogens is 726 g/mol. The van der Waals surface area contributed by atoms with Gasteiger partial charge >= 0.3 is 30.1 Å². The summed E-state index contributed by atoms with van der Waals surface area (Å²) in [6.07, 6.45) is -3.20. The Hall–Kier alpha value is -4.76. The van der Waals surface area contributed by atoms with Gasteiger partial charge in [-0.2, -0.15) is 0 Å². The van der Waals surface area contributed by atoms with E-state index in [4.69, 9.17) is 44.8 Å². The maximum Gasteiger partial charge on any atom is 0.408 e. The van der Waals surface area contributed by atoms with Crippen LogP contribution in [0.4, 0.5) is 9.59 Å². The van der Waals surface area contributed by atoms with E-state index in [9.17, 15) is 24.0 Å². The number of amides is 2. The number of carbonyl (C=O) groups is 5. The molecule has 0 fully saturated rings. The van der Waals surface area contributed by atoms with E-state index in [1.807, 2.05) is 24.3 Å². The van der Waals surface area contributed by atoms with Gasteiger partial charge in [-0.1, -0.05) is 38.1 Å². The van der Waals surface area contributed by atoms with E-state index in [-0.39, 0.29) is 38.8 Å². The number of halogens is 1. The largest absolute Gasteiger partial charge is 0.490 e. The number of benzene rings is 2. The lowest BCUT2D eigenvalue weighted by molar-refractivity contribution is -0.159. The molecule has 0 spiro atoms. The number of esters is 3. The second kappa shape index (κ2) is 21.2. The molecule has 2 atom stereocenters. The van der Waals surface area contributed by atoms with Gasteiger partial charge in [0.2, 0.25) is 0 Å². The SMILES string of the molecule is CNCC(=O)OCC(COc1ccc(C(C)(C)c2ccc(OCC(CCl)OC(=O)CNC(=O)OC(C)(C)C)cc2)cc1)OC(=O)CNC(=O)OC(C)(C)C. The standard InChI is InChI=1S/C38H54ClN3O12/c1-36(2,3)53-34(46)41-20-32(44)51-29(18-39)22-48-27-14-10-25(11-15-27)38(7,8)26-12-16-28(17-13-26)49-23-30(24-50-31(43)19-40-9)52-33(45)21-42-35(47)54-37(4,5)6/h10-17,29-30,40H,18-24H2,1-9H3,(H,41,46)(H,42,47). The van der Waals surface area contributed by atoms with Crippen LogP contribution in [0.25, 0.3) is 0 Å². The average Bonchev–Trinajstić information content (AvgIpc) is 3.08. The Morgan fingerprint density at radius 3 is 1.39 bits per heavy atom. The van der Waals surface area contributed by atoms with Crippen molar-refractivity contribution in [2.45, 2.75) is 84.2 Å². The van der Waals surface area contributed by atoms with E-state index in [0.717, 1.165) is 11.1 Å². The summed E-state index contributed by atoms with van der Waals surface area (Å²) in [5, 5.41) is 7.37. The number of hydrogen-bond donors (Lipinski definition) is 3. The third-order valence-electron chi connectivity index (χ3n) is 7.10. The van der Waals surface area contributed by atoms with Crippen molar-refractivity contribution in [2.24, 2.45) is 0 Å². The van der Waals surface area contributed by atoms with Crippen molar-refractivity contribution in [1.82, 2.24) is 16.0 Å². The highest BCUT2D eigenvalue weighted by molar-refractivity contribution is 6.18. The van der Waals surface area contributed by atoms with E-state index in [0.29, 0.717) is 11.5 Å². The van der Waals surface area contributed by atoms with Crippen molar-refractivity contribution in [2.75, 3.05) is 52.4 Å². The first-order valence-electron chi connectivity index (χ1n) is 17.4. The number of likely N-dealkylation sites (N-methyl/N-ethyl adjacent to an activating group) is 1. The highest BCUT2D eigenvalue weighted by Gasteiger charge is 2.25. The fourth-order valence-corrected chi connectivity index (χ4v) is 4.61. The normalized spacial score (nSPS) is 12.7. The van der Waals surface area contributed by atoms with Crippen LogP contribution in [-0.2, 0) is 43.5 Å². The van der Waals surface area contributed by atoms with Crippen LogP contribution in [0.2, 0.25) is 0 Å². The summed E-state index contributed by atoms with van der Waals surface area (Å²) >= 11 is 5.99. The molecule has 16 heteroatoms. The monoisotopic (exact) mass is 779 g/mol. The number of alkyl halides is 1. The summed E-state index contributed by atoms with van der Waals surface area (Å²) in [6, 6.07) is 14.9. The zero-order chi connectivity index (χ0) is 40.5. The lowest BCUT2D eigenvalue weighted by Gasteiger charge is -2.27. The summed E-state index contributed by atoms with van der Waals surface area (Å²) in [5.41, 5.74) is 0.115. The molecule has 0 radical (unpaired) electrons. The van der Waals surface area contributed by atoms with Crippen molar-refractivity contribution in [1.29, 1.82) is 0 Å². The Morgan fingerprint density at radius 1 is 0.593 bits per heavy atom. The molecule has 0 heterocycles. The van der Waals surface area contributed by atoms with Crippen LogP contribution in [-0.4, -0.2) is 106 Å². The summed E-state index contributed by atoms with van der Waals surface area (Å²) in [6.45, 7) is 13.1. The molecular formula is C38H54ClN3O12. The number of rotatable bonds is 19. The third-order valence-corrected chi connectivity index (χ3v) is 7.44. The molecule has 0 aliphatic heterocycles. The van der Waals surface area contributed by atoms with Crippen LogP contribution >= 0.6 is 11.6 Å². The minimum atomic E-state index is -0.955. The zero-order valence-electron chi connectivity index (χ0n) is 32.5. The molecule has 2 amide bonds. The van der Waals surface area contributed by atoms with Crippen LogP contribution < -0.4 is 25.4 Å². The number of alkyl carbamates (subject to hydrolysis) is 2. The van der Waals surface area contributed by atoms with Crippen LogP contribution in [0, 0.1) is 0 Å². The summed E-state index contributed by atoms with van der Waals surface area (Å²) < 4.78 is 37.9. The molecule has 0 aliphatic rings. The van der Waals surface area contributed by atoms with Crippen molar-refractivity contribution in [3.8, 4) is 11.5 Å². The Bertz CT molecular complexity index is 1520. The number of hydrogen-bond acceptors (Lipinski definition) is 13. The molecule has 2 aromatic carbocycles. The van der Waals surface area contributed by atoms with E-state index < -0.39 is 65.5 Å². The van der Waals surface area contributed by atoms with Crippen molar-refractivity contribution >= 4 is 41.7 Å². The van der Waals surface area contributed by atoms with Crippen molar-refractivity contribution < 1.29 is 57.1 Å². The molecule has 3 N–H and O–H groups in total. The zero-order valence-corrected chi connectivity index (χ0v) is 33.3. The maximum atomic E-state index is 12.5. The predicted octanol–water partition coefficient (Wildman–Crippen LogP) is 4.64. The van der Waals surface area contributed by atoms with Crippen molar-refractivity contribution in [3.05, 3.63) is 59.7 Å². The van der Waals surface area contributed by atoms with E-state index in [1.165, 1.54) is 0 Å². The van der Waals surface area contributed by atoms with Crippen LogP contribution in [0.5, 0.6) is 11.5 Å². The summed E-state index contributed by atoms with van der Waals surface area (Å²) in [7, 11) is 1.60. The van der Waals surface area contributed by atoms with E-state index in [1.54, 1.807) is 72.9 Å². The highest BCUT2D eigenvalue weighted by Crippen LogP contribution is 2.33. The van der Waals surface area contributed by atoms with Gasteiger partial charge in [0, 0.05) is 5.41 Å². The Balaban J connectivity index is 1.96. The topological polar surface area (TPSA) is 186 Å². The van der Waals surface area contributed by atoms with Gasteiger partial charge in [0.1, 0.15) is 61.7 Å². The van der Waals surface area contributed by atoms with Gasteiger partial charge in [0.25, 0.3) is 0 Å². The Morgan fingerprint density at radius 2 is 1.00 bits per heavy atom. The van der Waals surface area contributed by atoms with E-state index >= 15 is 0 Å². The predicted molar refractivity (Wildman–Crippen MR) is 200 cm³/mol. The minimum absolute atomic E-state index is 0.00723. The number of carbonyl (C=O) groups excluding carboxylic acids is 5. The first kappa shape index (κ1) is 45.4. The maximum absolute atomic E-state index is 12.5. The molecule has 15 nitrogen and oxygen atoms in total. The molecule has 0 saturated heterocycles. The van der Waals surface area contributed by atoms with Gasteiger partial charge in [0.05, 0.1) is 12.4 Å². The number of ether oxygens (including phenoxy) is 7. The molecule has 2 aromatic rings. The second-order valence-corrected chi connectivity index (χ2v) is 14.9. The molecule has 2 unspecified atom stereocenters. The van der Waals surface area contributed by atoms with Gasteiger partial charge in [-0.3, -0.25) is 14.4 Å². The molecule has 0 saturated carbocycles. The first-order chi connectivity index (χ1) is 25.2. The van der Waals surface area contributed by atoms with Gasteiger partial charge in [-0.05, 0) is 84.0 Å². The van der Waals surface area contributed by atoms with Gasteiger partial charge in [-0.25, -0.2) is 9.59 Å². The Labute approximate surface area is 322 Å². The summed E-state index contributed by atoms with van der Waals surface area (Å²) in [4.78, 5) is 60.3. The molecule has 0 bridgehead atoms. The molecule has 2 rings (SSSR count). The smallest absolute Gasteiger partial charge is 0.408 e. The lowest BCUT2D eigenvalue weighted by atomic mass is 9.78. The lowest BCUT2D eigenvalue weighted by Crippen LogP contribution is -2.39. The Kier molecular flexibility index (Phi) is 17.8. The van der Waals surface area contributed by atoms with E-state index in [2.05, 4.69) is 29.8 Å².